The van der Waals surface area contributed by atoms with Crippen molar-refractivity contribution in [3.63, 3.8) is 0 Å². The Kier molecular flexibility index (Phi) is 4.71. The summed E-state index contributed by atoms with van der Waals surface area (Å²) in [6.45, 7) is 1.93. The second kappa shape index (κ2) is 6.09. The standard InChI is InChI=1S/C12H16N2O/c1-10(13-2)12(9-15)14-8-11-6-4-3-5-7-11/h3-10,12-13H,1-2H3. The van der Waals surface area contributed by atoms with Crippen LogP contribution in [0.1, 0.15) is 12.5 Å². The lowest BCUT2D eigenvalue weighted by molar-refractivity contribution is -0.109. The fraction of sp³-hybridized carbons (Fsp3) is 0.333. The van der Waals surface area contributed by atoms with Crippen LogP contribution >= 0.6 is 0 Å². The molecule has 0 amide bonds. The molecule has 0 aromatic heterocycles. The first-order valence-electron chi connectivity index (χ1n) is 4.98. The smallest absolute Gasteiger partial charge is 0.146 e. The minimum absolute atomic E-state index is 0.0578. The molecular weight excluding hydrogens is 188 g/mol. The Balaban J connectivity index is 2.67. The maximum atomic E-state index is 10.8. The van der Waals surface area contributed by atoms with Gasteiger partial charge in [-0.15, -0.1) is 0 Å². The van der Waals surface area contributed by atoms with E-state index in [1.165, 1.54) is 0 Å². The van der Waals surface area contributed by atoms with E-state index in [0.717, 1.165) is 11.8 Å². The van der Waals surface area contributed by atoms with Crippen molar-refractivity contribution < 1.29 is 4.79 Å². The van der Waals surface area contributed by atoms with Crippen LogP contribution < -0.4 is 5.32 Å². The number of carbonyl (C=O) groups is 1. The summed E-state index contributed by atoms with van der Waals surface area (Å²) in [6.07, 6.45) is 2.59. The van der Waals surface area contributed by atoms with Crippen LogP contribution in [0.3, 0.4) is 0 Å². The number of benzene rings is 1. The van der Waals surface area contributed by atoms with Gasteiger partial charge in [-0.2, -0.15) is 0 Å². The molecule has 15 heavy (non-hydrogen) atoms. The maximum absolute atomic E-state index is 10.8. The number of rotatable bonds is 5. The van der Waals surface area contributed by atoms with E-state index in [1.807, 2.05) is 44.3 Å². The normalized spacial score (nSPS) is 15.1. The molecule has 80 valence electrons. The summed E-state index contributed by atoms with van der Waals surface area (Å²) in [4.78, 5) is 15.0. The average Bonchev–Trinajstić information content (AvgIpc) is 2.31. The van der Waals surface area contributed by atoms with Crippen molar-refractivity contribution in [2.45, 2.75) is 19.0 Å². The molecule has 3 heteroatoms. The lowest BCUT2D eigenvalue weighted by atomic mass is 10.1. The Morgan fingerprint density at radius 3 is 2.53 bits per heavy atom. The van der Waals surface area contributed by atoms with Crippen molar-refractivity contribution >= 4 is 12.5 Å². The molecule has 2 atom stereocenters. The van der Waals surface area contributed by atoms with E-state index in [9.17, 15) is 4.79 Å². The summed E-state index contributed by atoms with van der Waals surface area (Å²) < 4.78 is 0. The van der Waals surface area contributed by atoms with Crippen LogP contribution in [0.15, 0.2) is 35.3 Å². The zero-order valence-corrected chi connectivity index (χ0v) is 9.05. The lowest BCUT2D eigenvalue weighted by Crippen LogP contribution is -2.34. The summed E-state index contributed by atoms with van der Waals surface area (Å²) in [6, 6.07) is 9.48. The number of nitrogens with one attached hydrogen (secondary N) is 1. The van der Waals surface area contributed by atoms with Crippen LogP contribution in [0.2, 0.25) is 0 Å². The summed E-state index contributed by atoms with van der Waals surface area (Å²) in [5.41, 5.74) is 1.01. The fourth-order valence-corrected chi connectivity index (χ4v) is 1.16. The first-order chi connectivity index (χ1) is 7.27. The van der Waals surface area contributed by atoms with Gasteiger partial charge in [-0.1, -0.05) is 30.3 Å². The summed E-state index contributed by atoms with van der Waals surface area (Å²) in [5.74, 6) is 0. The molecule has 0 bridgehead atoms. The third kappa shape index (κ3) is 3.64. The van der Waals surface area contributed by atoms with Crippen LogP contribution in [0.4, 0.5) is 0 Å². The zero-order chi connectivity index (χ0) is 11.1. The number of aldehydes is 1. The zero-order valence-electron chi connectivity index (χ0n) is 9.05. The van der Waals surface area contributed by atoms with Crippen LogP contribution in [0.5, 0.6) is 0 Å². The molecule has 3 nitrogen and oxygen atoms in total. The van der Waals surface area contributed by atoms with E-state index in [4.69, 9.17) is 0 Å². The number of carbonyl (C=O) groups excluding carboxylic acids is 1. The largest absolute Gasteiger partial charge is 0.315 e. The van der Waals surface area contributed by atoms with Crippen molar-refractivity contribution in [3.05, 3.63) is 35.9 Å². The molecule has 0 heterocycles. The van der Waals surface area contributed by atoms with Gasteiger partial charge in [-0.3, -0.25) is 4.99 Å². The van der Waals surface area contributed by atoms with E-state index < -0.39 is 0 Å². The highest BCUT2D eigenvalue weighted by molar-refractivity contribution is 5.81. The third-order valence-corrected chi connectivity index (χ3v) is 2.30. The lowest BCUT2D eigenvalue weighted by Gasteiger charge is -2.13. The molecule has 2 unspecified atom stereocenters. The number of hydrogen-bond donors (Lipinski definition) is 1. The Hall–Kier alpha value is -1.48. The molecule has 0 fully saturated rings. The summed E-state index contributed by atoms with van der Waals surface area (Å²) in [5, 5.41) is 3.01. The van der Waals surface area contributed by atoms with Crippen molar-refractivity contribution in [2.24, 2.45) is 4.99 Å². The molecule has 0 radical (unpaired) electrons. The van der Waals surface area contributed by atoms with E-state index in [-0.39, 0.29) is 12.1 Å². The quantitative estimate of drug-likeness (QED) is 0.580. The molecule has 1 aromatic rings. The van der Waals surface area contributed by atoms with E-state index in [0.29, 0.717) is 0 Å². The van der Waals surface area contributed by atoms with Gasteiger partial charge in [-0.25, -0.2) is 0 Å². The minimum atomic E-state index is -0.324. The van der Waals surface area contributed by atoms with Crippen LogP contribution in [0.25, 0.3) is 0 Å². The molecule has 0 saturated carbocycles. The van der Waals surface area contributed by atoms with Gasteiger partial charge >= 0.3 is 0 Å². The predicted molar refractivity (Wildman–Crippen MR) is 62.4 cm³/mol. The molecular formula is C12H16N2O. The van der Waals surface area contributed by atoms with Gasteiger partial charge in [0.2, 0.25) is 0 Å². The van der Waals surface area contributed by atoms with Crippen LogP contribution in [-0.2, 0) is 4.79 Å². The van der Waals surface area contributed by atoms with Gasteiger partial charge in [0.1, 0.15) is 12.3 Å². The topological polar surface area (TPSA) is 41.5 Å². The van der Waals surface area contributed by atoms with E-state index >= 15 is 0 Å². The summed E-state index contributed by atoms with van der Waals surface area (Å²) >= 11 is 0. The van der Waals surface area contributed by atoms with Crippen LogP contribution in [0, 0.1) is 0 Å². The van der Waals surface area contributed by atoms with Crippen LogP contribution in [-0.4, -0.2) is 31.6 Å². The second-order valence-electron chi connectivity index (χ2n) is 3.39. The summed E-state index contributed by atoms with van der Waals surface area (Å²) in [7, 11) is 1.82. The first-order valence-corrected chi connectivity index (χ1v) is 4.98. The van der Waals surface area contributed by atoms with Crippen molar-refractivity contribution in [1.82, 2.24) is 5.32 Å². The minimum Gasteiger partial charge on any atom is -0.315 e. The number of likely N-dealkylation sites (N-methyl/N-ethyl adjacent to an activating group) is 1. The van der Waals surface area contributed by atoms with Gasteiger partial charge in [0.15, 0.2) is 0 Å². The van der Waals surface area contributed by atoms with Gasteiger partial charge < -0.3 is 10.1 Å². The molecule has 0 spiro atoms. The predicted octanol–water partition coefficient (Wildman–Crippen LogP) is 1.28. The Bertz CT molecular complexity index is 322. The number of nitrogens with zero attached hydrogens (tertiary/aromatic N) is 1. The molecule has 0 aliphatic heterocycles. The van der Waals surface area contributed by atoms with E-state index in [2.05, 4.69) is 10.3 Å². The Morgan fingerprint density at radius 1 is 1.33 bits per heavy atom. The number of hydrogen-bond acceptors (Lipinski definition) is 3. The fourth-order valence-electron chi connectivity index (χ4n) is 1.16. The van der Waals surface area contributed by atoms with Gasteiger partial charge in [0.05, 0.1) is 0 Å². The average molecular weight is 204 g/mol. The molecule has 0 aliphatic rings. The number of aliphatic imine (C=N–C) groups is 1. The molecule has 1 aromatic carbocycles. The van der Waals surface area contributed by atoms with Gasteiger partial charge in [0, 0.05) is 12.3 Å². The Labute approximate surface area is 90.2 Å². The van der Waals surface area contributed by atoms with Crippen molar-refractivity contribution in [1.29, 1.82) is 0 Å². The second-order valence-corrected chi connectivity index (χ2v) is 3.39. The highest BCUT2D eigenvalue weighted by atomic mass is 16.1. The molecule has 1 rings (SSSR count). The molecule has 0 aliphatic carbocycles. The third-order valence-electron chi connectivity index (χ3n) is 2.30. The SMILES string of the molecule is CNC(C)C(C=O)N=Cc1ccccc1. The van der Waals surface area contributed by atoms with E-state index in [1.54, 1.807) is 6.21 Å². The van der Waals surface area contributed by atoms with Crippen molar-refractivity contribution in [3.8, 4) is 0 Å². The highest BCUT2D eigenvalue weighted by Gasteiger charge is 2.11. The first kappa shape index (κ1) is 11.6. The van der Waals surface area contributed by atoms with Gasteiger partial charge in [0.25, 0.3) is 0 Å². The van der Waals surface area contributed by atoms with Crippen molar-refractivity contribution in [2.75, 3.05) is 7.05 Å². The highest BCUT2D eigenvalue weighted by Crippen LogP contribution is 1.98. The Morgan fingerprint density at radius 2 is 2.00 bits per heavy atom. The molecule has 0 saturated heterocycles. The molecule has 1 N–H and O–H groups in total. The van der Waals surface area contributed by atoms with Gasteiger partial charge in [-0.05, 0) is 19.5 Å². The maximum Gasteiger partial charge on any atom is 0.146 e. The monoisotopic (exact) mass is 204 g/mol.